The molecule has 0 spiro atoms. The number of rotatable bonds is 0. The van der Waals surface area contributed by atoms with Crippen molar-refractivity contribution in [1.29, 1.82) is 0 Å². The summed E-state index contributed by atoms with van der Waals surface area (Å²) in [6.07, 6.45) is 2.78. The second kappa shape index (κ2) is 2.46. The van der Waals surface area contributed by atoms with Gasteiger partial charge in [0.15, 0.2) is 0 Å². The summed E-state index contributed by atoms with van der Waals surface area (Å²) in [5.74, 6) is 0. The molecule has 0 amide bonds. The molecule has 11 heavy (non-hydrogen) atoms. The van der Waals surface area contributed by atoms with Gasteiger partial charge in [0, 0.05) is 24.7 Å². The standard InChI is InChI=1S/C9H18N2/c1-8-6-11-5-3-4-9(11,2)7-10-8/h8,10H,3-7H2,1-2H3/t8-,9-/m0/s1. The summed E-state index contributed by atoms with van der Waals surface area (Å²) in [4.78, 5) is 2.65. The Morgan fingerprint density at radius 3 is 3.18 bits per heavy atom. The average molecular weight is 154 g/mol. The molecule has 2 saturated heterocycles. The molecule has 2 aliphatic rings. The summed E-state index contributed by atoms with van der Waals surface area (Å²) in [7, 11) is 0. The molecule has 2 aliphatic heterocycles. The van der Waals surface area contributed by atoms with Gasteiger partial charge in [-0.1, -0.05) is 0 Å². The zero-order chi connectivity index (χ0) is 7.90. The minimum atomic E-state index is 0.493. The molecule has 2 nitrogen and oxygen atoms in total. The monoisotopic (exact) mass is 154 g/mol. The Morgan fingerprint density at radius 2 is 2.36 bits per heavy atom. The summed E-state index contributed by atoms with van der Waals surface area (Å²) >= 11 is 0. The lowest BCUT2D eigenvalue weighted by molar-refractivity contribution is 0.0991. The van der Waals surface area contributed by atoms with Crippen LogP contribution >= 0.6 is 0 Å². The second-order valence-electron chi connectivity index (χ2n) is 4.33. The summed E-state index contributed by atoms with van der Waals surface area (Å²) in [6.45, 7) is 8.42. The van der Waals surface area contributed by atoms with E-state index in [-0.39, 0.29) is 0 Å². The number of hydrogen-bond donors (Lipinski definition) is 1. The highest BCUT2D eigenvalue weighted by atomic mass is 15.3. The fourth-order valence-electron chi connectivity index (χ4n) is 2.38. The van der Waals surface area contributed by atoms with Crippen molar-refractivity contribution in [2.45, 2.75) is 38.3 Å². The van der Waals surface area contributed by atoms with Gasteiger partial charge < -0.3 is 5.32 Å². The first kappa shape index (κ1) is 7.56. The lowest BCUT2D eigenvalue weighted by Crippen LogP contribution is -2.59. The molecule has 2 heterocycles. The van der Waals surface area contributed by atoms with Crippen LogP contribution in [0.3, 0.4) is 0 Å². The second-order valence-corrected chi connectivity index (χ2v) is 4.33. The first-order valence-corrected chi connectivity index (χ1v) is 4.69. The highest BCUT2D eigenvalue weighted by Gasteiger charge is 2.39. The number of fused-ring (bicyclic) bond motifs is 1. The molecule has 2 heteroatoms. The van der Waals surface area contributed by atoms with E-state index in [9.17, 15) is 0 Å². The van der Waals surface area contributed by atoms with E-state index in [1.54, 1.807) is 0 Å². The van der Waals surface area contributed by atoms with Crippen molar-refractivity contribution >= 4 is 0 Å². The van der Waals surface area contributed by atoms with Gasteiger partial charge in [0.2, 0.25) is 0 Å². The molecule has 0 bridgehead atoms. The van der Waals surface area contributed by atoms with E-state index >= 15 is 0 Å². The Balaban J connectivity index is 2.08. The van der Waals surface area contributed by atoms with Gasteiger partial charge >= 0.3 is 0 Å². The third kappa shape index (κ3) is 1.18. The molecule has 0 aromatic carbocycles. The zero-order valence-electron chi connectivity index (χ0n) is 7.56. The van der Waals surface area contributed by atoms with Gasteiger partial charge in [0.05, 0.1) is 0 Å². The number of nitrogens with one attached hydrogen (secondary N) is 1. The minimum absolute atomic E-state index is 0.493. The fraction of sp³-hybridized carbons (Fsp3) is 1.00. The number of nitrogens with zero attached hydrogens (tertiary/aromatic N) is 1. The smallest absolute Gasteiger partial charge is 0.0307 e. The topological polar surface area (TPSA) is 15.3 Å². The molecule has 2 atom stereocenters. The molecule has 0 radical (unpaired) electrons. The molecular formula is C9H18N2. The summed E-state index contributed by atoms with van der Waals surface area (Å²) in [6, 6.07) is 0.696. The van der Waals surface area contributed by atoms with Crippen molar-refractivity contribution in [3.63, 3.8) is 0 Å². The molecule has 0 aliphatic carbocycles. The third-order valence-corrected chi connectivity index (χ3v) is 3.23. The van der Waals surface area contributed by atoms with E-state index < -0.39 is 0 Å². The molecule has 1 N–H and O–H groups in total. The largest absolute Gasteiger partial charge is 0.311 e. The van der Waals surface area contributed by atoms with Gasteiger partial charge in [-0.3, -0.25) is 4.90 Å². The predicted octanol–water partition coefficient (Wildman–Crippen LogP) is 0.833. The van der Waals surface area contributed by atoms with Gasteiger partial charge in [-0.2, -0.15) is 0 Å². The van der Waals surface area contributed by atoms with E-state index in [4.69, 9.17) is 0 Å². The van der Waals surface area contributed by atoms with Gasteiger partial charge in [-0.15, -0.1) is 0 Å². The Kier molecular flexibility index (Phi) is 1.69. The maximum absolute atomic E-state index is 3.55. The van der Waals surface area contributed by atoms with E-state index in [0.717, 1.165) is 0 Å². The molecule has 0 unspecified atom stereocenters. The third-order valence-electron chi connectivity index (χ3n) is 3.23. The van der Waals surface area contributed by atoms with E-state index in [1.807, 2.05) is 0 Å². The predicted molar refractivity (Wildman–Crippen MR) is 46.7 cm³/mol. The zero-order valence-corrected chi connectivity index (χ0v) is 7.56. The van der Waals surface area contributed by atoms with Crippen LogP contribution < -0.4 is 5.32 Å². The van der Waals surface area contributed by atoms with Crippen LogP contribution in [-0.2, 0) is 0 Å². The Hall–Kier alpha value is -0.0800. The quantitative estimate of drug-likeness (QED) is 0.556. The number of hydrogen-bond acceptors (Lipinski definition) is 2. The first-order chi connectivity index (χ1) is 5.21. The van der Waals surface area contributed by atoms with Crippen LogP contribution in [0, 0.1) is 0 Å². The van der Waals surface area contributed by atoms with Gasteiger partial charge in [-0.05, 0) is 33.2 Å². The highest BCUT2D eigenvalue weighted by molar-refractivity contribution is 4.98. The van der Waals surface area contributed by atoms with E-state index in [1.165, 1.54) is 32.5 Å². The normalized spacial score (nSPS) is 45.8. The van der Waals surface area contributed by atoms with Gasteiger partial charge in [-0.25, -0.2) is 0 Å². The molecule has 0 aromatic heterocycles. The van der Waals surface area contributed by atoms with Crippen molar-refractivity contribution < 1.29 is 0 Å². The molecule has 64 valence electrons. The highest BCUT2D eigenvalue weighted by Crippen LogP contribution is 2.30. The lowest BCUT2D eigenvalue weighted by Gasteiger charge is -2.42. The summed E-state index contributed by atoms with van der Waals surface area (Å²) < 4.78 is 0. The van der Waals surface area contributed by atoms with E-state index in [2.05, 4.69) is 24.1 Å². The fourth-order valence-corrected chi connectivity index (χ4v) is 2.38. The number of piperazine rings is 1. The van der Waals surface area contributed by atoms with Crippen molar-refractivity contribution in [1.82, 2.24) is 10.2 Å². The Labute approximate surface area is 69.0 Å². The van der Waals surface area contributed by atoms with Crippen LogP contribution in [0.5, 0.6) is 0 Å². The molecular weight excluding hydrogens is 136 g/mol. The summed E-state index contributed by atoms with van der Waals surface area (Å²) in [5.41, 5.74) is 0.493. The van der Waals surface area contributed by atoms with Crippen molar-refractivity contribution in [2.24, 2.45) is 0 Å². The van der Waals surface area contributed by atoms with E-state index in [0.29, 0.717) is 11.6 Å². The minimum Gasteiger partial charge on any atom is -0.311 e. The van der Waals surface area contributed by atoms with Crippen LogP contribution in [0.2, 0.25) is 0 Å². The Bertz CT molecular complexity index is 158. The SMILES string of the molecule is C[C@H]1CN2CCC[C@@]2(C)CN1. The maximum atomic E-state index is 3.55. The van der Waals surface area contributed by atoms with Crippen LogP contribution in [0.4, 0.5) is 0 Å². The lowest BCUT2D eigenvalue weighted by atomic mass is 9.96. The van der Waals surface area contributed by atoms with Crippen molar-refractivity contribution in [2.75, 3.05) is 19.6 Å². The van der Waals surface area contributed by atoms with Gasteiger partial charge in [0.25, 0.3) is 0 Å². The average Bonchev–Trinajstić information content (AvgIpc) is 2.31. The van der Waals surface area contributed by atoms with Crippen LogP contribution in [0.1, 0.15) is 26.7 Å². The van der Waals surface area contributed by atoms with Crippen molar-refractivity contribution in [3.8, 4) is 0 Å². The maximum Gasteiger partial charge on any atom is 0.0307 e. The van der Waals surface area contributed by atoms with Crippen molar-refractivity contribution in [3.05, 3.63) is 0 Å². The molecule has 2 rings (SSSR count). The van der Waals surface area contributed by atoms with Crippen LogP contribution in [0.15, 0.2) is 0 Å². The first-order valence-electron chi connectivity index (χ1n) is 4.69. The van der Waals surface area contributed by atoms with Crippen LogP contribution in [0.25, 0.3) is 0 Å². The van der Waals surface area contributed by atoms with Crippen LogP contribution in [-0.4, -0.2) is 36.1 Å². The Morgan fingerprint density at radius 1 is 1.55 bits per heavy atom. The molecule has 0 saturated carbocycles. The molecule has 2 fully saturated rings. The molecule has 0 aromatic rings. The summed E-state index contributed by atoms with van der Waals surface area (Å²) in [5, 5.41) is 3.55. The van der Waals surface area contributed by atoms with Gasteiger partial charge in [0.1, 0.15) is 0 Å².